The number of methoxy groups -OCH3 is 2. The zero-order valence-corrected chi connectivity index (χ0v) is 19.9. The first kappa shape index (κ1) is 22.4. The fraction of sp³-hybridized carbons (Fsp3) is 0.107. The summed E-state index contributed by atoms with van der Waals surface area (Å²) in [5, 5.41) is 12.1. The first-order valence-electron chi connectivity index (χ1n) is 10.4. The highest BCUT2D eigenvalue weighted by molar-refractivity contribution is 9.10. The van der Waals surface area contributed by atoms with Crippen LogP contribution < -0.4 is 14.2 Å². The predicted molar refractivity (Wildman–Crippen MR) is 135 cm³/mol. The Hall–Kier alpha value is -3.75. The standard InChI is InChI=1S/C28H22BrNO3/c1-31-27-13-11-21(16-28(27)32-2)23(17-30)14-19-10-12-26(25(29)15-19)33-18-22-8-5-7-20-6-3-4-9-24(20)22/h3-16H,18H2,1-2H3/b23-14+. The number of allylic oxidation sites excluding steroid dienone is 1. The quantitative estimate of drug-likeness (QED) is 0.198. The summed E-state index contributed by atoms with van der Waals surface area (Å²) in [6.45, 7) is 0.463. The molecule has 0 fully saturated rings. The number of ether oxygens (including phenoxy) is 3. The van der Waals surface area contributed by atoms with E-state index >= 15 is 0 Å². The van der Waals surface area contributed by atoms with Crippen LogP contribution in [0.2, 0.25) is 0 Å². The van der Waals surface area contributed by atoms with E-state index in [2.05, 4.69) is 46.3 Å². The molecule has 0 saturated carbocycles. The topological polar surface area (TPSA) is 51.5 Å². The van der Waals surface area contributed by atoms with Gasteiger partial charge in [0.2, 0.25) is 0 Å². The summed E-state index contributed by atoms with van der Waals surface area (Å²) in [7, 11) is 3.16. The van der Waals surface area contributed by atoms with Crippen LogP contribution in [0.25, 0.3) is 22.4 Å². The molecular formula is C28H22BrNO3. The molecule has 0 aliphatic heterocycles. The lowest BCUT2D eigenvalue weighted by Gasteiger charge is -2.11. The van der Waals surface area contributed by atoms with Gasteiger partial charge >= 0.3 is 0 Å². The number of hydrogen-bond donors (Lipinski definition) is 0. The maximum absolute atomic E-state index is 9.72. The van der Waals surface area contributed by atoms with Gasteiger partial charge in [0.05, 0.1) is 30.3 Å². The fourth-order valence-electron chi connectivity index (χ4n) is 3.65. The van der Waals surface area contributed by atoms with Crippen LogP contribution in [0.5, 0.6) is 17.2 Å². The van der Waals surface area contributed by atoms with E-state index in [0.717, 1.165) is 26.9 Å². The molecule has 4 nitrogen and oxygen atoms in total. The van der Waals surface area contributed by atoms with E-state index in [9.17, 15) is 5.26 Å². The maximum atomic E-state index is 9.72. The molecule has 5 heteroatoms. The summed E-state index contributed by atoms with van der Waals surface area (Å²) in [6.07, 6.45) is 1.83. The molecule has 0 saturated heterocycles. The van der Waals surface area contributed by atoms with Gasteiger partial charge in [0.25, 0.3) is 0 Å². The first-order chi connectivity index (χ1) is 16.1. The monoisotopic (exact) mass is 499 g/mol. The first-order valence-corrected chi connectivity index (χ1v) is 11.2. The van der Waals surface area contributed by atoms with Gasteiger partial charge in [-0.1, -0.05) is 48.5 Å². The number of nitrogens with zero attached hydrogens (tertiary/aromatic N) is 1. The van der Waals surface area contributed by atoms with Crippen molar-refractivity contribution < 1.29 is 14.2 Å². The van der Waals surface area contributed by atoms with Crippen LogP contribution in [-0.2, 0) is 6.61 Å². The molecule has 164 valence electrons. The van der Waals surface area contributed by atoms with Gasteiger partial charge in [-0.2, -0.15) is 5.26 Å². The van der Waals surface area contributed by atoms with Crippen molar-refractivity contribution in [1.82, 2.24) is 0 Å². The minimum Gasteiger partial charge on any atom is -0.493 e. The van der Waals surface area contributed by atoms with Crippen molar-refractivity contribution in [2.75, 3.05) is 14.2 Å². The van der Waals surface area contributed by atoms with E-state index in [0.29, 0.717) is 23.7 Å². The molecule has 4 rings (SSSR count). The van der Waals surface area contributed by atoms with Gasteiger partial charge in [-0.05, 0) is 79.8 Å². The number of fused-ring (bicyclic) bond motifs is 1. The molecule has 0 heterocycles. The second kappa shape index (κ2) is 10.2. The van der Waals surface area contributed by atoms with Crippen molar-refractivity contribution >= 4 is 38.4 Å². The van der Waals surface area contributed by atoms with Crippen LogP contribution in [0.3, 0.4) is 0 Å². The Labute approximate surface area is 201 Å². The Balaban J connectivity index is 1.55. The minimum absolute atomic E-state index is 0.463. The largest absolute Gasteiger partial charge is 0.493 e. The Kier molecular flexibility index (Phi) is 6.97. The van der Waals surface area contributed by atoms with Crippen LogP contribution in [0, 0.1) is 11.3 Å². The highest BCUT2D eigenvalue weighted by Crippen LogP contribution is 2.32. The Morgan fingerprint density at radius 3 is 2.39 bits per heavy atom. The van der Waals surface area contributed by atoms with Crippen molar-refractivity contribution in [1.29, 1.82) is 5.26 Å². The number of rotatable bonds is 7. The lowest BCUT2D eigenvalue weighted by atomic mass is 10.0. The average Bonchev–Trinajstić information content (AvgIpc) is 2.86. The van der Waals surface area contributed by atoms with E-state index in [1.807, 2.05) is 48.5 Å². The maximum Gasteiger partial charge on any atom is 0.161 e. The van der Waals surface area contributed by atoms with Crippen molar-refractivity contribution in [3.63, 3.8) is 0 Å². The van der Waals surface area contributed by atoms with Gasteiger partial charge in [-0.3, -0.25) is 0 Å². The average molecular weight is 500 g/mol. The Morgan fingerprint density at radius 1 is 0.879 bits per heavy atom. The molecule has 0 spiro atoms. The van der Waals surface area contributed by atoms with Crippen LogP contribution >= 0.6 is 15.9 Å². The van der Waals surface area contributed by atoms with Gasteiger partial charge in [-0.15, -0.1) is 0 Å². The third-order valence-corrected chi connectivity index (χ3v) is 5.96. The van der Waals surface area contributed by atoms with E-state index in [1.165, 1.54) is 10.8 Å². The predicted octanol–water partition coefficient (Wildman–Crippen LogP) is 7.26. The van der Waals surface area contributed by atoms with Crippen LogP contribution in [-0.4, -0.2) is 14.2 Å². The van der Waals surface area contributed by atoms with E-state index in [-0.39, 0.29) is 0 Å². The van der Waals surface area contributed by atoms with Crippen molar-refractivity contribution in [2.45, 2.75) is 6.61 Å². The third-order valence-electron chi connectivity index (χ3n) is 5.35. The van der Waals surface area contributed by atoms with Gasteiger partial charge in [0.15, 0.2) is 11.5 Å². The molecular weight excluding hydrogens is 478 g/mol. The molecule has 0 atom stereocenters. The second-order valence-corrected chi connectivity index (χ2v) is 8.21. The number of nitriles is 1. The third kappa shape index (κ3) is 5.02. The molecule has 4 aromatic rings. The van der Waals surface area contributed by atoms with E-state index < -0.39 is 0 Å². The molecule has 0 radical (unpaired) electrons. The molecule has 0 aliphatic carbocycles. The number of halogens is 1. The molecule has 0 aliphatic rings. The summed E-state index contributed by atoms with van der Waals surface area (Å²) in [6, 6.07) is 28.0. The zero-order valence-electron chi connectivity index (χ0n) is 18.3. The smallest absolute Gasteiger partial charge is 0.161 e. The lowest BCUT2D eigenvalue weighted by Crippen LogP contribution is -1.97. The van der Waals surface area contributed by atoms with Crippen molar-refractivity contribution in [2.24, 2.45) is 0 Å². The van der Waals surface area contributed by atoms with Crippen molar-refractivity contribution in [3.05, 3.63) is 100 Å². The summed E-state index contributed by atoms with van der Waals surface area (Å²) in [5.41, 5.74) is 3.28. The molecule has 33 heavy (non-hydrogen) atoms. The SMILES string of the molecule is COc1ccc(/C(C#N)=C/c2ccc(OCc3cccc4ccccc34)c(Br)c2)cc1OC. The molecule has 0 bridgehead atoms. The minimum atomic E-state index is 0.463. The van der Waals surface area contributed by atoms with E-state index in [1.54, 1.807) is 26.4 Å². The summed E-state index contributed by atoms with van der Waals surface area (Å²) >= 11 is 3.61. The number of hydrogen-bond acceptors (Lipinski definition) is 4. The molecule has 4 aromatic carbocycles. The van der Waals surface area contributed by atoms with E-state index in [4.69, 9.17) is 14.2 Å². The fourth-order valence-corrected chi connectivity index (χ4v) is 4.16. The number of benzene rings is 4. The summed E-state index contributed by atoms with van der Waals surface area (Å²) in [5.74, 6) is 1.94. The molecule has 0 N–H and O–H groups in total. The Bertz CT molecular complexity index is 1370. The molecule has 0 amide bonds. The van der Waals surface area contributed by atoms with Crippen LogP contribution in [0.4, 0.5) is 0 Å². The van der Waals surface area contributed by atoms with Crippen LogP contribution in [0.1, 0.15) is 16.7 Å². The van der Waals surface area contributed by atoms with Gasteiger partial charge < -0.3 is 14.2 Å². The van der Waals surface area contributed by atoms with Gasteiger partial charge in [-0.25, -0.2) is 0 Å². The summed E-state index contributed by atoms with van der Waals surface area (Å²) in [4.78, 5) is 0. The highest BCUT2D eigenvalue weighted by atomic mass is 79.9. The second-order valence-electron chi connectivity index (χ2n) is 7.36. The van der Waals surface area contributed by atoms with Gasteiger partial charge in [0.1, 0.15) is 12.4 Å². The Morgan fingerprint density at radius 2 is 1.64 bits per heavy atom. The zero-order chi connectivity index (χ0) is 23.2. The molecule has 0 aromatic heterocycles. The van der Waals surface area contributed by atoms with Gasteiger partial charge in [0, 0.05) is 0 Å². The normalized spacial score (nSPS) is 11.2. The summed E-state index contributed by atoms with van der Waals surface area (Å²) < 4.78 is 17.6. The van der Waals surface area contributed by atoms with Crippen molar-refractivity contribution in [3.8, 4) is 23.3 Å². The lowest BCUT2D eigenvalue weighted by molar-refractivity contribution is 0.305. The highest BCUT2D eigenvalue weighted by Gasteiger charge is 2.10. The van der Waals surface area contributed by atoms with Crippen LogP contribution in [0.15, 0.2) is 83.3 Å². The molecule has 0 unspecified atom stereocenters.